The van der Waals surface area contributed by atoms with Crippen LogP contribution in [0.25, 0.3) is 6.08 Å². The molecule has 1 N–H and O–H groups in total. The minimum absolute atomic E-state index is 0.0663. The van der Waals surface area contributed by atoms with Crippen molar-refractivity contribution in [2.75, 3.05) is 16.8 Å². The van der Waals surface area contributed by atoms with Crippen molar-refractivity contribution in [1.82, 2.24) is 5.32 Å². The predicted molar refractivity (Wildman–Crippen MR) is 142 cm³/mol. The van der Waals surface area contributed by atoms with Gasteiger partial charge in [-0.15, -0.1) is 0 Å². The third-order valence-corrected chi connectivity index (χ3v) is 7.60. The van der Waals surface area contributed by atoms with Crippen LogP contribution in [0.1, 0.15) is 55.4 Å². The molecule has 2 aromatic carbocycles. The van der Waals surface area contributed by atoms with Crippen molar-refractivity contribution < 1.29 is 9.59 Å². The number of anilines is 2. The highest BCUT2D eigenvalue weighted by molar-refractivity contribution is 9.10. The molecule has 0 aromatic heterocycles. The van der Waals surface area contributed by atoms with Crippen LogP contribution in [0.3, 0.4) is 0 Å². The Labute approximate surface area is 209 Å². The molecule has 1 unspecified atom stereocenters. The first-order valence-electron chi connectivity index (χ1n) is 11.0. The van der Waals surface area contributed by atoms with Crippen molar-refractivity contribution in [3.8, 4) is 0 Å². The number of hydrogen-bond acceptors (Lipinski definition) is 4. The molecule has 2 aliphatic rings. The lowest BCUT2D eigenvalue weighted by Crippen LogP contribution is -2.54. The lowest BCUT2D eigenvalue weighted by molar-refractivity contribution is -0.122. The molecule has 2 aromatic rings. The van der Waals surface area contributed by atoms with E-state index in [2.05, 4.69) is 66.1 Å². The number of amides is 2. The van der Waals surface area contributed by atoms with Crippen LogP contribution in [-0.2, 0) is 9.59 Å². The van der Waals surface area contributed by atoms with E-state index in [1.54, 1.807) is 6.08 Å². The van der Waals surface area contributed by atoms with Crippen molar-refractivity contribution in [2.24, 2.45) is 0 Å². The Kier molecular flexibility index (Phi) is 5.99. The zero-order valence-corrected chi connectivity index (χ0v) is 22.1. The molecule has 33 heavy (non-hydrogen) atoms. The van der Waals surface area contributed by atoms with Crippen molar-refractivity contribution in [2.45, 2.75) is 52.5 Å². The van der Waals surface area contributed by atoms with Crippen molar-refractivity contribution in [3.05, 3.63) is 62.6 Å². The van der Waals surface area contributed by atoms with Gasteiger partial charge in [-0.1, -0.05) is 22.9 Å². The van der Waals surface area contributed by atoms with E-state index in [-0.39, 0.29) is 16.2 Å². The molecule has 4 rings (SSSR count). The molecule has 5 nitrogen and oxygen atoms in total. The number of carbonyl (C=O) groups is 2. The molecule has 0 radical (unpaired) electrons. The van der Waals surface area contributed by atoms with Gasteiger partial charge >= 0.3 is 0 Å². The fourth-order valence-corrected chi connectivity index (χ4v) is 5.54. The highest BCUT2D eigenvalue weighted by Gasteiger charge is 2.37. The molecule has 0 saturated carbocycles. The van der Waals surface area contributed by atoms with Gasteiger partial charge in [0.25, 0.3) is 11.8 Å². The number of benzene rings is 2. The quantitative estimate of drug-likeness (QED) is 0.314. The van der Waals surface area contributed by atoms with Crippen LogP contribution in [0.15, 0.2) is 40.4 Å². The van der Waals surface area contributed by atoms with Gasteiger partial charge in [-0.2, -0.15) is 0 Å². The molecule has 172 valence electrons. The van der Waals surface area contributed by atoms with E-state index in [1.165, 1.54) is 16.2 Å². The van der Waals surface area contributed by atoms with E-state index in [4.69, 9.17) is 12.2 Å². The second-order valence-corrected chi connectivity index (χ2v) is 10.9. The van der Waals surface area contributed by atoms with Crippen LogP contribution >= 0.6 is 28.1 Å². The van der Waals surface area contributed by atoms with Gasteiger partial charge in [-0.05, 0) is 111 Å². The van der Waals surface area contributed by atoms with Crippen molar-refractivity contribution >= 4 is 62.5 Å². The zero-order valence-electron chi connectivity index (χ0n) is 19.7. The minimum atomic E-state index is -0.473. The summed E-state index contributed by atoms with van der Waals surface area (Å²) in [7, 11) is 2.12. The second kappa shape index (κ2) is 8.37. The average molecular weight is 527 g/mol. The summed E-state index contributed by atoms with van der Waals surface area (Å²) in [5, 5.41) is 2.78. The number of nitrogens with zero attached hydrogens (tertiary/aromatic N) is 2. The Morgan fingerprint density at radius 3 is 2.48 bits per heavy atom. The summed E-state index contributed by atoms with van der Waals surface area (Å²) in [4.78, 5) is 30.0. The third-order valence-electron chi connectivity index (χ3n) is 6.82. The summed E-state index contributed by atoms with van der Waals surface area (Å²) in [6.45, 7) is 10.7. The monoisotopic (exact) mass is 525 g/mol. The summed E-state index contributed by atoms with van der Waals surface area (Å²) in [5.41, 5.74) is 5.98. The number of nitrogens with one attached hydrogen (secondary N) is 1. The molecule has 2 amide bonds. The first-order chi connectivity index (χ1) is 15.4. The number of aryl methyl sites for hydroxylation is 2. The van der Waals surface area contributed by atoms with Crippen molar-refractivity contribution in [3.63, 3.8) is 0 Å². The molecule has 1 atom stereocenters. The summed E-state index contributed by atoms with van der Waals surface area (Å²) in [6.07, 6.45) is 2.72. The summed E-state index contributed by atoms with van der Waals surface area (Å²) in [6, 6.07) is 9.87. The fraction of sp³-hybridized carbons (Fsp3) is 0.346. The van der Waals surface area contributed by atoms with E-state index in [9.17, 15) is 9.59 Å². The third kappa shape index (κ3) is 4.13. The summed E-state index contributed by atoms with van der Waals surface area (Å²) >= 11 is 8.81. The van der Waals surface area contributed by atoms with E-state index in [0.29, 0.717) is 11.6 Å². The first kappa shape index (κ1) is 23.6. The second-order valence-electron chi connectivity index (χ2n) is 9.63. The molecule has 0 spiro atoms. The molecule has 2 aliphatic heterocycles. The standard InChI is InChI=1S/C26H28BrN3O2S/c1-14-10-22-19(16(3)13-26(4,5)29(22)6)11-17(14)12-20-23(31)28-25(33)30(24(20)32)21-8-7-18(27)9-15(21)2/h7-12,16H,13H2,1-6H3,(H,28,31,33)/b20-12-. The lowest BCUT2D eigenvalue weighted by Gasteiger charge is -2.45. The number of fused-ring (bicyclic) bond motifs is 1. The van der Waals surface area contributed by atoms with E-state index in [0.717, 1.165) is 27.6 Å². The molecule has 0 aliphatic carbocycles. The SMILES string of the molecule is Cc1cc2c(cc1/C=C1/C(=O)NC(=S)N(c3ccc(Br)cc3C)C1=O)C(C)CC(C)(C)N2C. The molecular weight excluding hydrogens is 498 g/mol. The number of halogens is 1. The van der Waals surface area contributed by atoms with Crippen LogP contribution in [0, 0.1) is 13.8 Å². The summed E-state index contributed by atoms with van der Waals surface area (Å²) < 4.78 is 0.908. The maximum Gasteiger partial charge on any atom is 0.270 e. The maximum atomic E-state index is 13.5. The normalized spacial score (nSPS) is 21.4. The highest BCUT2D eigenvalue weighted by atomic mass is 79.9. The van der Waals surface area contributed by atoms with Crippen molar-refractivity contribution in [1.29, 1.82) is 0 Å². The predicted octanol–water partition coefficient (Wildman–Crippen LogP) is 5.62. The van der Waals surface area contributed by atoms with Gasteiger partial charge in [0.05, 0.1) is 5.69 Å². The average Bonchev–Trinajstić information content (AvgIpc) is 2.71. The number of hydrogen-bond donors (Lipinski definition) is 1. The fourth-order valence-electron chi connectivity index (χ4n) is 4.79. The number of carbonyl (C=O) groups excluding carboxylic acids is 2. The number of thiocarbonyl (C=S) groups is 1. The van der Waals surface area contributed by atoms with Crippen LogP contribution in [0.2, 0.25) is 0 Å². The largest absolute Gasteiger partial charge is 0.369 e. The smallest absolute Gasteiger partial charge is 0.270 e. The van der Waals surface area contributed by atoms with Gasteiger partial charge in [0.15, 0.2) is 5.11 Å². The molecule has 7 heteroatoms. The topological polar surface area (TPSA) is 52.7 Å². The zero-order chi connectivity index (χ0) is 24.2. The molecule has 1 saturated heterocycles. The van der Waals surface area contributed by atoms with Gasteiger partial charge in [0.2, 0.25) is 0 Å². The van der Waals surface area contributed by atoms with Gasteiger partial charge in [-0.25, -0.2) is 0 Å². The Hall–Kier alpha value is -2.51. The van der Waals surface area contributed by atoms with E-state index < -0.39 is 11.8 Å². The van der Waals surface area contributed by atoms with Gasteiger partial charge < -0.3 is 4.90 Å². The molecule has 2 heterocycles. The van der Waals surface area contributed by atoms with Gasteiger partial charge in [0, 0.05) is 22.7 Å². The van der Waals surface area contributed by atoms with E-state index in [1.807, 2.05) is 32.0 Å². The molecular formula is C26H28BrN3O2S. The Morgan fingerprint density at radius 1 is 1.12 bits per heavy atom. The first-order valence-corrected chi connectivity index (χ1v) is 12.2. The van der Waals surface area contributed by atoms with Crippen LogP contribution in [-0.4, -0.2) is 29.5 Å². The lowest BCUT2D eigenvalue weighted by atomic mass is 9.79. The minimum Gasteiger partial charge on any atom is -0.369 e. The maximum absolute atomic E-state index is 13.5. The number of rotatable bonds is 2. The van der Waals surface area contributed by atoms with Crippen LogP contribution in [0.4, 0.5) is 11.4 Å². The van der Waals surface area contributed by atoms with Gasteiger partial charge in [-0.3, -0.25) is 19.8 Å². The molecule has 1 fully saturated rings. The van der Waals surface area contributed by atoms with Crippen LogP contribution in [0.5, 0.6) is 0 Å². The highest BCUT2D eigenvalue weighted by Crippen LogP contribution is 2.43. The van der Waals surface area contributed by atoms with Crippen LogP contribution < -0.4 is 15.1 Å². The Balaban J connectivity index is 1.78. The van der Waals surface area contributed by atoms with E-state index >= 15 is 0 Å². The summed E-state index contributed by atoms with van der Waals surface area (Å²) in [5.74, 6) is -0.522. The Bertz CT molecular complexity index is 1230. The molecule has 0 bridgehead atoms. The van der Waals surface area contributed by atoms with Gasteiger partial charge in [0.1, 0.15) is 5.57 Å². The Morgan fingerprint density at radius 2 is 1.82 bits per heavy atom.